The van der Waals surface area contributed by atoms with Crippen molar-refractivity contribution in [2.75, 3.05) is 23.9 Å². The van der Waals surface area contributed by atoms with E-state index in [0.717, 1.165) is 17.0 Å². The summed E-state index contributed by atoms with van der Waals surface area (Å²) in [7, 11) is 3.24. The molecule has 0 bridgehead atoms. The van der Waals surface area contributed by atoms with Gasteiger partial charge in [0.05, 0.1) is 42.7 Å². The van der Waals surface area contributed by atoms with Gasteiger partial charge in [0.25, 0.3) is 5.91 Å². The minimum absolute atomic E-state index is 0.0514. The number of anilines is 2. The molecule has 4 aromatic rings. The van der Waals surface area contributed by atoms with Crippen LogP contribution in [-0.4, -0.2) is 40.1 Å². The van der Waals surface area contributed by atoms with E-state index in [-0.39, 0.29) is 18.9 Å². The zero-order valence-electron chi connectivity index (χ0n) is 19.4. The number of esters is 1. The number of nitriles is 1. The summed E-state index contributed by atoms with van der Waals surface area (Å²) in [6, 6.07) is 19.9. The predicted molar refractivity (Wildman–Crippen MR) is 132 cm³/mol. The van der Waals surface area contributed by atoms with E-state index in [9.17, 15) is 9.59 Å². The van der Waals surface area contributed by atoms with Gasteiger partial charge in [-0.3, -0.25) is 14.5 Å². The fraction of sp³-hybridized carbons (Fsp3) is 0.192. The van der Waals surface area contributed by atoms with Crippen LogP contribution in [-0.2, 0) is 23.1 Å². The molecule has 1 amide bonds. The highest BCUT2D eigenvalue weighted by Gasteiger charge is 2.21. The van der Waals surface area contributed by atoms with Crippen LogP contribution in [0.2, 0.25) is 0 Å². The van der Waals surface area contributed by atoms with Crippen LogP contribution in [0.4, 0.5) is 11.5 Å². The quantitative estimate of drug-likeness (QED) is 0.393. The molecule has 2 aromatic heterocycles. The monoisotopic (exact) mass is 468 g/mol. The Balaban J connectivity index is 1.57. The Labute approximate surface area is 202 Å². The molecule has 2 aromatic carbocycles. The van der Waals surface area contributed by atoms with Crippen LogP contribution in [0.1, 0.15) is 28.2 Å². The lowest BCUT2D eigenvalue weighted by Crippen LogP contribution is -2.33. The number of nitrogens with zero attached hydrogens (tertiary/aromatic N) is 5. The summed E-state index contributed by atoms with van der Waals surface area (Å²) >= 11 is 0. The Bertz CT molecular complexity index is 1390. The molecule has 35 heavy (non-hydrogen) atoms. The van der Waals surface area contributed by atoms with Gasteiger partial charge >= 0.3 is 5.97 Å². The lowest BCUT2D eigenvalue weighted by molar-refractivity contribution is -0.140. The number of carbonyl (C=O) groups is 2. The van der Waals surface area contributed by atoms with Gasteiger partial charge in [0, 0.05) is 31.0 Å². The van der Waals surface area contributed by atoms with Gasteiger partial charge in [-0.2, -0.15) is 5.26 Å². The van der Waals surface area contributed by atoms with E-state index < -0.39 is 5.97 Å². The molecule has 9 nitrogen and oxygen atoms in total. The molecular formula is C26H24N6O3. The van der Waals surface area contributed by atoms with E-state index in [1.807, 2.05) is 29.8 Å². The molecule has 0 saturated heterocycles. The van der Waals surface area contributed by atoms with Gasteiger partial charge in [0.2, 0.25) is 0 Å². The summed E-state index contributed by atoms with van der Waals surface area (Å²) in [6.07, 6.45) is 1.65. The van der Waals surface area contributed by atoms with Crippen molar-refractivity contribution in [2.45, 2.75) is 13.0 Å². The van der Waals surface area contributed by atoms with Crippen LogP contribution in [0, 0.1) is 11.3 Å². The first-order valence-electron chi connectivity index (χ1n) is 11.0. The molecular weight excluding hydrogens is 444 g/mol. The number of hydrogen-bond donors (Lipinski definition) is 1. The summed E-state index contributed by atoms with van der Waals surface area (Å²) in [5, 5.41) is 12.2. The molecule has 2 heterocycles. The van der Waals surface area contributed by atoms with Crippen LogP contribution in [0.15, 0.2) is 66.9 Å². The molecule has 0 aliphatic heterocycles. The van der Waals surface area contributed by atoms with E-state index in [0.29, 0.717) is 29.0 Å². The number of amides is 1. The van der Waals surface area contributed by atoms with Gasteiger partial charge in [0.15, 0.2) is 0 Å². The van der Waals surface area contributed by atoms with Crippen molar-refractivity contribution in [3.8, 4) is 6.07 Å². The van der Waals surface area contributed by atoms with E-state index in [1.54, 1.807) is 48.7 Å². The number of aryl methyl sites for hydroxylation is 1. The Kier molecular flexibility index (Phi) is 7.02. The van der Waals surface area contributed by atoms with Crippen molar-refractivity contribution in [1.29, 1.82) is 5.26 Å². The lowest BCUT2D eigenvalue weighted by Gasteiger charge is -2.21. The second-order valence-corrected chi connectivity index (χ2v) is 7.80. The number of fused-ring (bicyclic) bond motifs is 1. The van der Waals surface area contributed by atoms with Crippen LogP contribution >= 0.6 is 0 Å². The van der Waals surface area contributed by atoms with Gasteiger partial charge in [-0.15, -0.1) is 0 Å². The smallest absolute Gasteiger partial charge is 0.307 e. The number of aromatic nitrogens is 3. The number of methoxy groups -OCH3 is 1. The third kappa shape index (κ3) is 5.28. The normalized spacial score (nSPS) is 10.5. The number of rotatable bonds is 8. The van der Waals surface area contributed by atoms with Gasteiger partial charge < -0.3 is 14.6 Å². The highest BCUT2D eigenvalue weighted by atomic mass is 16.5. The van der Waals surface area contributed by atoms with Gasteiger partial charge in [0.1, 0.15) is 11.6 Å². The largest absolute Gasteiger partial charge is 0.469 e. The maximum Gasteiger partial charge on any atom is 0.307 e. The highest BCUT2D eigenvalue weighted by molar-refractivity contribution is 6.07. The van der Waals surface area contributed by atoms with Crippen molar-refractivity contribution in [2.24, 2.45) is 7.05 Å². The second-order valence-electron chi connectivity index (χ2n) is 7.80. The standard InChI is InChI=1S/C26H24N6O3/c1-31-22-11-8-19(26(34)32(14-12-25(33)35-2)23-5-3-4-13-28-23)15-21(22)30-24(31)17-29-20-9-6-18(16-27)7-10-20/h3-11,13,15,29H,12,14,17H2,1-2H3. The summed E-state index contributed by atoms with van der Waals surface area (Å²) in [5.74, 6) is 0.562. The molecule has 0 fully saturated rings. The minimum atomic E-state index is -0.404. The number of imidazole rings is 1. The molecule has 0 saturated carbocycles. The topological polar surface area (TPSA) is 113 Å². The average Bonchev–Trinajstić information content (AvgIpc) is 3.22. The second kappa shape index (κ2) is 10.5. The summed E-state index contributed by atoms with van der Waals surface area (Å²) in [4.78, 5) is 35.6. The Hall–Kier alpha value is -4.71. The fourth-order valence-electron chi connectivity index (χ4n) is 3.68. The maximum atomic E-state index is 13.4. The Morgan fingerprint density at radius 3 is 2.63 bits per heavy atom. The van der Waals surface area contributed by atoms with E-state index in [4.69, 9.17) is 15.0 Å². The number of carbonyl (C=O) groups excluding carboxylic acids is 2. The zero-order valence-corrected chi connectivity index (χ0v) is 19.4. The SMILES string of the molecule is COC(=O)CCN(C(=O)c1ccc2c(c1)nc(CNc1ccc(C#N)cc1)n2C)c1ccccn1. The predicted octanol–water partition coefficient (Wildman–Crippen LogP) is 3.66. The van der Waals surface area contributed by atoms with Crippen molar-refractivity contribution < 1.29 is 14.3 Å². The average molecular weight is 469 g/mol. The minimum Gasteiger partial charge on any atom is -0.469 e. The number of pyridine rings is 1. The molecule has 1 N–H and O–H groups in total. The summed E-state index contributed by atoms with van der Waals surface area (Å²) in [5.41, 5.74) is 3.49. The molecule has 0 spiro atoms. The van der Waals surface area contributed by atoms with E-state index in [1.165, 1.54) is 12.0 Å². The van der Waals surface area contributed by atoms with Crippen molar-refractivity contribution in [1.82, 2.24) is 14.5 Å². The Morgan fingerprint density at radius 2 is 1.94 bits per heavy atom. The van der Waals surface area contributed by atoms with Gasteiger partial charge in [-0.05, 0) is 54.6 Å². The first kappa shape index (κ1) is 23.4. The maximum absolute atomic E-state index is 13.4. The fourth-order valence-corrected chi connectivity index (χ4v) is 3.68. The molecule has 176 valence electrons. The molecule has 0 unspecified atom stereocenters. The number of benzene rings is 2. The molecule has 0 aliphatic rings. The number of nitrogens with one attached hydrogen (secondary N) is 1. The van der Waals surface area contributed by atoms with Crippen LogP contribution in [0.3, 0.4) is 0 Å². The molecule has 0 aliphatic carbocycles. The van der Waals surface area contributed by atoms with Crippen molar-refractivity contribution in [3.05, 3.63) is 83.8 Å². The van der Waals surface area contributed by atoms with Crippen LogP contribution in [0.25, 0.3) is 11.0 Å². The number of hydrogen-bond acceptors (Lipinski definition) is 7. The third-order valence-corrected chi connectivity index (χ3v) is 5.62. The lowest BCUT2D eigenvalue weighted by atomic mass is 10.1. The first-order valence-corrected chi connectivity index (χ1v) is 11.0. The molecule has 4 rings (SSSR count). The van der Waals surface area contributed by atoms with Gasteiger partial charge in [-0.1, -0.05) is 6.07 Å². The van der Waals surface area contributed by atoms with Crippen molar-refractivity contribution in [3.63, 3.8) is 0 Å². The first-order chi connectivity index (χ1) is 17.0. The summed E-state index contributed by atoms with van der Waals surface area (Å²) in [6.45, 7) is 0.613. The number of ether oxygens (including phenoxy) is 1. The van der Waals surface area contributed by atoms with Crippen LogP contribution < -0.4 is 10.2 Å². The molecule has 0 radical (unpaired) electrons. The molecule has 9 heteroatoms. The molecule has 0 atom stereocenters. The van der Waals surface area contributed by atoms with E-state index >= 15 is 0 Å². The van der Waals surface area contributed by atoms with Gasteiger partial charge in [-0.25, -0.2) is 9.97 Å². The zero-order chi connectivity index (χ0) is 24.8. The highest BCUT2D eigenvalue weighted by Crippen LogP contribution is 2.21. The van der Waals surface area contributed by atoms with E-state index in [2.05, 4.69) is 16.4 Å². The third-order valence-electron chi connectivity index (χ3n) is 5.62. The Morgan fingerprint density at radius 1 is 1.14 bits per heavy atom. The summed E-state index contributed by atoms with van der Waals surface area (Å²) < 4.78 is 6.70. The van der Waals surface area contributed by atoms with Crippen molar-refractivity contribution >= 4 is 34.4 Å². The van der Waals surface area contributed by atoms with Crippen LogP contribution in [0.5, 0.6) is 0 Å².